The van der Waals surface area contributed by atoms with E-state index in [1.165, 1.54) is 43.9 Å². The molecule has 0 spiro atoms. The first-order valence-electron chi connectivity index (χ1n) is 40.9. The van der Waals surface area contributed by atoms with Crippen molar-refractivity contribution in [1.29, 1.82) is 0 Å². The number of carbonyl (C=O) groups excluding carboxylic acids is 6. The van der Waals surface area contributed by atoms with Crippen molar-refractivity contribution in [2.75, 3.05) is 116 Å². The Balaban J connectivity index is 0.00000165. The third-order valence-electron chi connectivity index (χ3n) is 18.0. The molecular formula is C87H110Br2Cl3F9N13NaO22. The number of halogens is 14. The number of amides is 3. The topological polar surface area (TPSA) is 490 Å². The molecule has 0 unspecified atom stereocenters. The van der Waals surface area contributed by atoms with Crippen LogP contribution in [0, 0.1) is 23.0 Å². The number of nitrogens with two attached hydrogens (primary N) is 1. The fourth-order valence-corrected chi connectivity index (χ4v) is 12.5. The summed E-state index contributed by atoms with van der Waals surface area (Å²) in [5.74, 6) is -6.10. The van der Waals surface area contributed by atoms with Crippen LogP contribution in [0.2, 0.25) is 5.15 Å². The summed E-state index contributed by atoms with van der Waals surface area (Å²) in [5.41, 5.74) is 9.96. The summed E-state index contributed by atoms with van der Waals surface area (Å²) >= 11 is 18.2. The van der Waals surface area contributed by atoms with E-state index in [-0.39, 0.29) is 134 Å². The number of nitrogens with one attached hydrogen (secondary N) is 1. The van der Waals surface area contributed by atoms with Crippen molar-refractivity contribution >= 4 is 116 Å². The summed E-state index contributed by atoms with van der Waals surface area (Å²) in [7, 11) is 3.33. The number of carboxylic acid groups (broad SMARTS) is 1. The molecule has 8 aromatic rings. The Labute approximate surface area is 838 Å². The first kappa shape index (κ1) is 126. The number of phenolic OH excluding ortho intramolecular Hbond substituents is 1. The molecule has 0 saturated heterocycles. The molecule has 3 amide bonds. The zero-order valence-corrected chi connectivity index (χ0v) is 82.5. The number of anilines is 1. The minimum Gasteiger partial charge on any atom is -0.662 e. The molecule has 11 rings (SSSR count). The van der Waals surface area contributed by atoms with Gasteiger partial charge in [0.15, 0.2) is 22.7 Å². The predicted octanol–water partition coefficient (Wildman–Crippen LogP) is 7.01. The minimum absolute atomic E-state index is 0. The van der Waals surface area contributed by atoms with Crippen molar-refractivity contribution in [3.8, 4) is 17.2 Å². The number of fused-ring (bicyclic) bond motifs is 3. The molecule has 137 heavy (non-hydrogen) atoms. The van der Waals surface area contributed by atoms with Gasteiger partial charge in [-0.25, -0.2) is 4.98 Å². The molecule has 0 aliphatic carbocycles. The van der Waals surface area contributed by atoms with Crippen LogP contribution >= 0.6 is 67.7 Å². The van der Waals surface area contributed by atoms with Crippen molar-refractivity contribution < 1.29 is 178 Å². The Bertz CT molecular complexity index is 4990. The summed E-state index contributed by atoms with van der Waals surface area (Å²) in [5, 5.41) is 93.4. The van der Waals surface area contributed by atoms with E-state index < -0.39 is 98.0 Å². The molecule has 11 N–H and O–H groups in total. The van der Waals surface area contributed by atoms with Crippen LogP contribution in [0.4, 0.5) is 45.3 Å². The van der Waals surface area contributed by atoms with Gasteiger partial charge in [0.2, 0.25) is 17.7 Å². The SMILES string of the molecule is Br.CO.COC(=O)C[C@@H]1Cc2ccc(O)cc2CN(CC(F)(F)F)C1=O.COC(=O)C[C@@H]1Cc2ccc(OCCCN=c3ccccn3O)cc2CN(CC(F)(F)F)C1=O.ClCCl.NCCCO.O=C(O)C[C@@H]1Cc2ccc(OCCCNc3ccccn3)cc2CN(CC(F)(F)F)C1=O.O=CO[O-].OCCCN=c1ccccn1O.On1ccccc1=NCCCBr.[Na+].[O-][n+]1ccccc1Cl. The second-order valence-electron chi connectivity index (χ2n) is 28.1. The van der Waals surface area contributed by atoms with Gasteiger partial charge in [-0.1, -0.05) is 58.4 Å². The van der Waals surface area contributed by atoms with Gasteiger partial charge in [0, 0.05) is 115 Å². The van der Waals surface area contributed by atoms with Crippen LogP contribution in [-0.2, 0) is 86.8 Å². The molecule has 3 aliphatic heterocycles. The first-order chi connectivity index (χ1) is 64.3. The molecule has 5 aromatic heterocycles. The Morgan fingerprint density at radius 2 is 0.956 bits per heavy atom. The van der Waals surface area contributed by atoms with E-state index in [0.29, 0.717) is 135 Å². The van der Waals surface area contributed by atoms with E-state index in [2.05, 4.69) is 55.6 Å². The van der Waals surface area contributed by atoms with Gasteiger partial charge >= 0.3 is 66.0 Å². The molecule has 3 atom stereocenters. The van der Waals surface area contributed by atoms with Gasteiger partial charge in [0.1, 0.15) is 42.7 Å². The van der Waals surface area contributed by atoms with Gasteiger partial charge in [-0.05, 0) is 187 Å². The average molecular weight is 2150 g/mol. The van der Waals surface area contributed by atoms with Crippen LogP contribution in [0.25, 0.3) is 0 Å². The molecule has 3 aromatic carbocycles. The monoisotopic (exact) mass is 2150 g/mol. The molecule has 0 fully saturated rings. The summed E-state index contributed by atoms with van der Waals surface area (Å²) < 4.78 is 141. The number of carboxylic acids is 1. The number of methoxy groups -OCH3 is 2. The van der Waals surface area contributed by atoms with E-state index >= 15 is 0 Å². The number of rotatable bonds is 29. The molecule has 35 nitrogen and oxygen atoms in total. The number of aliphatic hydroxyl groups is 3. The Morgan fingerprint density at radius 3 is 1.29 bits per heavy atom. The molecule has 0 bridgehead atoms. The second kappa shape index (κ2) is 71.0. The van der Waals surface area contributed by atoms with Gasteiger partial charge in [-0.3, -0.25) is 48.5 Å². The Kier molecular flexibility index (Phi) is 65.6. The van der Waals surface area contributed by atoms with Crippen molar-refractivity contribution in [3.63, 3.8) is 0 Å². The third-order valence-corrected chi connectivity index (χ3v) is 18.9. The van der Waals surface area contributed by atoms with Gasteiger partial charge in [0.25, 0.3) is 11.6 Å². The molecule has 3 aliphatic rings. The Morgan fingerprint density at radius 1 is 0.577 bits per heavy atom. The van der Waals surface area contributed by atoms with Gasteiger partial charge in [-0.2, -0.15) is 58.4 Å². The maximum atomic E-state index is 13.1. The number of hydrogen-bond acceptors (Lipinski definition) is 27. The summed E-state index contributed by atoms with van der Waals surface area (Å²) in [6, 6.07) is 40.4. The number of alkyl halides is 12. The van der Waals surface area contributed by atoms with Crippen LogP contribution in [0.3, 0.4) is 0 Å². The number of aliphatic hydroxyl groups excluding tert-OH is 3. The molecule has 0 radical (unpaired) electrons. The average Bonchev–Trinajstić information content (AvgIpc) is 1.68. The number of aromatic nitrogens is 5. The van der Waals surface area contributed by atoms with Crippen molar-refractivity contribution in [2.45, 2.75) is 109 Å². The summed E-state index contributed by atoms with van der Waals surface area (Å²) in [6.07, 6.45) is -3.35. The van der Waals surface area contributed by atoms with Crippen molar-refractivity contribution in [1.82, 2.24) is 33.9 Å². The van der Waals surface area contributed by atoms with E-state index in [9.17, 15) is 94.2 Å². The smallest absolute Gasteiger partial charge is 0.662 e. The number of pyridine rings is 5. The van der Waals surface area contributed by atoms with E-state index in [1.807, 2.05) is 24.3 Å². The molecule has 754 valence electrons. The van der Waals surface area contributed by atoms with Crippen LogP contribution in [0.15, 0.2) is 192 Å². The number of aliphatic carboxylic acids is 1. The van der Waals surface area contributed by atoms with Crippen LogP contribution in [0.5, 0.6) is 17.2 Å². The number of benzene rings is 3. The molecular weight excluding hydrogens is 2040 g/mol. The van der Waals surface area contributed by atoms with Gasteiger partial charge in [0.05, 0.1) is 69.8 Å². The first-order valence-corrected chi connectivity index (χ1v) is 43.5. The molecule has 50 heteroatoms. The quantitative estimate of drug-likeness (QED) is 0.00183. The largest absolute Gasteiger partial charge is 1.00 e. The molecule has 8 heterocycles. The standard InChI is InChI=1S/C23H26F3N3O5.C22H24F3N3O4.C15H16F3NO4.C8H11BrN2O.C8H12N2O2.C5H4ClNO.C3H9NO.CH2Cl2.CH2O3.CH4O.BrH.Na/c1-33-21(30)13-17-11-16-6-7-19(12-18(16)14-28(22(17)31)15-23(24,25)26)34-10-4-8-27-20-5-2-3-9-29(20)32;23-22(24,25)14-28-13-17-11-18(32-9-3-8-27-19-4-1-2-7-26-19)6-5-15(17)10-16(21(28)31)12-20(29)30;1-23-13(21)6-10-4-9-2-3-12(20)5-11(9)7-19(14(10)22)8-15(16,17)18;9-5-3-6-10-8-4-1-2-7-11(8)12;11-7-3-5-9-8-4-1-2-6-10(8)12;6-5-3-1-2-4-7(5)8;4-2-1-3-5;2-1-3;2-1-4-3;1-2;;/h2-3,5-7,9,12,17,32H,4,8,10-11,13-15H2,1H3;1-2,4-7,11,16H,3,8-10,12-14H2,(H,26,27)(H,29,30);2-3,5,10,20H,4,6-8H2,1H3;1-2,4,7,12H,3,5-6H2;1-2,4,6,11-12H,3,5,7H2;1-4H;5H,1-4H2;1H2;1,3H;2H,1H3;1H;/q;;;;;;;;;;;+1/p-1/t17-;16-;10-;;;;;;;;;/m000........./s1. The maximum Gasteiger partial charge on any atom is 1.00 e. The number of phenols is 1. The molecule has 0 saturated carbocycles. The second-order valence-corrected chi connectivity index (χ2v) is 30.1. The predicted molar refractivity (Wildman–Crippen MR) is 485 cm³/mol. The number of hydrogen-bond donors (Lipinski definition) is 10. The van der Waals surface area contributed by atoms with Crippen LogP contribution < -0.4 is 76.5 Å². The summed E-state index contributed by atoms with van der Waals surface area (Å²) in [4.78, 5) is 102. The Hall–Kier alpha value is -10.5. The van der Waals surface area contributed by atoms with E-state index in [1.54, 1.807) is 116 Å². The van der Waals surface area contributed by atoms with Gasteiger partial charge < -0.3 is 101 Å². The van der Waals surface area contributed by atoms with E-state index in [4.69, 9.17) is 80.5 Å². The minimum atomic E-state index is -4.58. The zero-order valence-electron chi connectivity index (χ0n) is 75.0. The van der Waals surface area contributed by atoms with E-state index in [0.717, 1.165) is 63.8 Å². The van der Waals surface area contributed by atoms with Crippen molar-refractivity contribution in [3.05, 3.63) is 237 Å². The third kappa shape index (κ3) is 53.9. The fraction of sp³-hybridized carbons (Fsp3) is 0.425. The van der Waals surface area contributed by atoms with Gasteiger partial charge in [-0.15, -0.1) is 40.2 Å². The van der Waals surface area contributed by atoms with Crippen LogP contribution in [-0.4, -0.2) is 246 Å². The summed E-state index contributed by atoms with van der Waals surface area (Å²) in [6.45, 7) is -1.24. The normalized spacial score (nSPS) is 14.3. The number of esters is 2. The fourth-order valence-electron chi connectivity index (χ4n) is 12.1. The number of ether oxygens (including phenoxy) is 4. The van der Waals surface area contributed by atoms with Crippen LogP contribution in [0.1, 0.15) is 84.7 Å². The zero-order chi connectivity index (χ0) is 101. The number of carbonyl (C=O) groups is 7. The van der Waals surface area contributed by atoms with Crippen molar-refractivity contribution in [2.24, 2.45) is 38.5 Å². The maximum absolute atomic E-state index is 13.1. The number of aromatic hydroxyl groups is 1. The number of nitrogens with zero attached hydrogens (tertiary/aromatic N) is 11.